The molecule has 2 aromatic rings. The summed E-state index contributed by atoms with van der Waals surface area (Å²) < 4.78 is 0.993. The Bertz CT molecular complexity index is 599. The van der Waals surface area contributed by atoms with Crippen LogP contribution in [0.1, 0.15) is 12.5 Å². The number of nitro groups is 1. The van der Waals surface area contributed by atoms with Crippen molar-refractivity contribution in [2.75, 3.05) is 0 Å². The van der Waals surface area contributed by atoms with Crippen LogP contribution in [0.2, 0.25) is 0 Å². The molecule has 0 spiro atoms. The Kier molecular flexibility index (Phi) is 4.61. The van der Waals surface area contributed by atoms with Crippen molar-refractivity contribution < 1.29 is 4.92 Å². The molecule has 0 radical (unpaired) electrons. The van der Waals surface area contributed by atoms with Crippen molar-refractivity contribution in [2.45, 2.75) is 23.1 Å². The Morgan fingerprint density at radius 1 is 1.21 bits per heavy atom. The average Bonchev–Trinajstić information content (AvgIpc) is 2.41. The number of aryl methyl sites for hydroxylation is 1. The number of hydrogen-bond donors (Lipinski definition) is 0. The molecule has 2 rings (SSSR count). The van der Waals surface area contributed by atoms with Gasteiger partial charge in [0.1, 0.15) is 0 Å². The molecule has 0 fully saturated rings. The molecule has 19 heavy (non-hydrogen) atoms. The highest BCUT2D eigenvalue weighted by atomic mass is 79.9. The van der Waals surface area contributed by atoms with Crippen LogP contribution in [0.15, 0.2) is 56.7 Å². The maximum absolute atomic E-state index is 11.1. The summed E-state index contributed by atoms with van der Waals surface area (Å²) in [6, 6.07) is 13.1. The first-order valence-corrected chi connectivity index (χ1v) is 7.42. The normalized spacial score (nSPS) is 10.4. The summed E-state index contributed by atoms with van der Waals surface area (Å²) in [5.74, 6) is 0. The summed E-state index contributed by atoms with van der Waals surface area (Å²) >= 11 is 4.78. The smallest absolute Gasteiger partial charge is 0.258 e. The lowest BCUT2D eigenvalue weighted by Crippen LogP contribution is -1.92. The second-order valence-electron chi connectivity index (χ2n) is 3.97. The number of hydrogen-bond acceptors (Lipinski definition) is 3. The number of rotatable bonds is 4. The van der Waals surface area contributed by atoms with Crippen LogP contribution in [0.4, 0.5) is 5.69 Å². The summed E-state index contributed by atoms with van der Waals surface area (Å²) in [4.78, 5) is 12.5. The molecule has 0 bridgehead atoms. The minimum atomic E-state index is -0.319. The fourth-order valence-electron chi connectivity index (χ4n) is 1.64. The van der Waals surface area contributed by atoms with E-state index in [1.807, 2.05) is 43.3 Å². The molecule has 98 valence electrons. The van der Waals surface area contributed by atoms with Gasteiger partial charge in [0.25, 0.3) is 5.69 Å². The van der Waals surface area contributed by atoms with E-state index in [0.717, 1.165) is 21.4 Å². The van der Waals surface area contributed by atoms with E-state index in [2.05, 4.69) is 15.9 Å². The molecule has 0 heterocycles. The molecule has 0 unspecified atom stereocenters. The highest BCUT2D eigenvalue weighted by Crippen LogP contribution is 2.35. The van der Waals surface area contributed by atoms with Gasteiger partial charge in [0.05, 0.1) is 9.82 Å². The zero-order valence-corrected chi connectivity index (χ0v) is 12.7. The van der Waals surface area contributed by atoms with Gasteiger partial charge < -0.3 is 0 Å². The van der Waals surface area contributed by atoms with Gasteiger partial charge in [-0.3, -0.25) is 10.1 Å². The van der Waals surface area contributed by atoms with Gasteiger partial charge in [-0.2, -0.15) is 0 Å². The van der Waals surface area contributed by atoms with Crippen molar-refractivity contribution in [1.82, 2.24) is 0 Å². The molecule has 0 atom stereocenters. The molecule has 5 heteroatoms. The molecule has 0 aromatic heterocycles. The van der Waals surface area contributed by atoms with E-state index in [9.17, 15) is 10.1 Å². The van der Waals surface area contributed by atoms with Gasteiger partial charge in [-0.05, 0) is 42.3 Å². The van der Waals surface area contributed by atoms with Crippen LogP contribution >= 0.6 is 27.7 Å². The lowest BCUT2D eigenvalue weighted by atomic mass is 10.1. The van der Waals surface area contributed by atoms with E-state index in [1.165, 1.54) is 11.8 Å². The molecule has 0 saturated carbocycles. The van der Waals surface area contributed by atoms with Gasteiger partial charge in [0, 0.05) is 15.4 Å². The summed E-state index contributed by atoms with van der Waals surface area (Å²) in [6.07, 6.45) is 0.796. The Morgan fingerprint density at radius 2 is 1.89 bits per heavy atom. The van der Waals surface area contributed by atoms with Crippen LogP contribution in [0, 0.1) is 10.1 Å². The van der Waals surface area contributed by atoms with Gasteiger partial charge in [0.2, 0.25) is 0 Å². The topological polar surface area (TPSA) is 43.1 Å². The third-order valence-corrected chi connectivity index (χ3v) is 4.27. The molecule has 2 aromatic carbocycles. The molecule has 3 nitrogen and oxygen atoms in total. The average molecular weight is 338 g/mol. The third kappa shape index (κ3) is 3.58. The molecule has 0 amide bonds. The van der Waals surface area contributed by atoms with Crippen LogP contribution < -0.4 is 0 Å². The second-order valence-corrected chi connectivity index (χ2v) is 6.00. The van der Waals surface area contributed by atoms with Crippen molar-refractivity contribution in [3.8, 4) is 0 Å². The summed E-state index contributed by atoms with van der Waals surface area (Å²) in [6.45, 7) is 1.99. The van der Waals surface area contributed by atoms with Crippen molar-refractivity contribution >= 4 is 33.4 Å². The predicted molar refractivity (Wildman–Crippen MR) is 80.7 cm³/mol. The fourth-order valence-corrected chi connectivity index (χ4v) is 2.81. The zero-order valence-electron chi connectivity index (χ0n) is 10.3. The standard InChI is InChI=1S/C14H12BrNO2S/c1-2-10-3-8-14(13(9-10)16(17)18)19-12-6-4-11(15)5-7-12/h3-9H,2H2,1H3. The van der Waals surface area contributed by atoms with Crippen molar-refractivity contribution in [3.63, 3.8) is 0 Å². The maximum atomic E-state index is 11.1. The Morgan fingerprint density at radius 3 is 2.47 bits per heavy atom. The van der Waals surface area contributed by atoms with E-state index in [1.54, 1.807) is 6.07 Å². The minimum absolute atomic E-state index is 0.173. The number of nitro benzene ring substituents is 1. The quantitative estimate of drug-likeness (QED) is 0.577. The predicted octanol–water partition coefficient (Wildman–Crippen LogP) is 5.07. The highest BCUT2D eigenvalue weighted by molar-refractivity contribution is 9.10. The lowest BCUT2D eigenvalue weighted by Gasteiger charge is -2.05. The highest BCUT2D eigenvalue weighted by Gasteiger charge is 2.15. The fraction of sp³-hybridized carbons (Fsp3) is 0.143. The van der Waals surface area contributed by atoms with Crippen LogP contribution in [0.5, 0.6) is 0 Å². The monoisotopic (exact) mass is 337 g/mol. The van der Waals surface area contributed by atoms with Gasteiger partial charge in [-0.15, -0.1) is 0 Å². The zero-order chi connectivity index (χ0) is 13.8. The van der Waals surface area contributed by atoms with Crippen LogP contribution in [-0.2, 0) is 6.42 Å². The Balaban J connectivity index is 2.33. The number of halogens is 1. The summed E-state index contributed by atoms with van der Waals surface area (Å²) in [7, 11) is 0. The molecule has 0 aliphatic rings. The van der Waals surface area contributed by atoms with Gasteiger partial charge >= 0.3 is 0 Å². The van der Waals surface area contributed by atoms with E-state index in [-0.39, 0.29) is 10.6 Å². The maximum Gasteiger partial charge on any atom is 0.283 e. The van der Waals surface area contributed by atoms with Gasteiger partial charge in [0.15, 0.2) is 0 Å². The Hall–Kier alpha value is -1.33. The van der Waals surface area contributed by atoms with Crippen molar-refractivity contribution in [2.24, 2.45) is 0 Å². The van der Waals surface area contributed by atoms with E-state index < -0.39 is 0 Å². The minimum Gasteiger partial charge on any atom is -0.258 e. The van der Waals surface area contributed by atoms with Crippen LogP contribution in [-0.4, -0.2) is 4.92 Å². The van der Waals surface area contributed by atoms with Crippen molar-refractivity contribution in [1.29, 1.82) is 0 Å². The first-order chi connectivity index (χ1) is 9.10. The molecule has 0 aliphatic carbocycles. The molecule has 0 N–H and O–H groups in total. The van der Waals surface area contributed by atoms with Crippen LogP contribution in [0.25, 0.3) is 0 Å². The third-order valence-electron chi connectivity index (χ3n) is 2.67. The van der Waals surface area contributed by atoms with E-state index >= 15 is 0 Å². The Labute approximate surface area is 124 Å². The SMILES string of the molecule is CCc1ccc(Sc2ccc(Br)cc2)c([N+](=O)[O-])c1. The van der Waals surface area contributed by atoms with E-state index in [0.29, 0.717) is 4.90 Å². The van der Waals surface area contributed by atoms with Gasteiger partial charge in [-0.1, -0.05) is 40.7 Å². The number of nitrogens with zero attached hydrogens (tertiary/aromatic N) is 1. The summed E-state index contributed by atoms with van der Waals surface area (Å²) in [5, 5.41) is 11.1. The van der Waals surface area contributed by atoms with E-state index in [4.69, 9.17) is 0 Å². The molecule has 0 aliphatic heterocycles. The first-order valence-electron chi connectivity index (χ1n) is 5.81. The largest absolute Gasteiger partial charge is 0.283 e. The summed E-state index contributed by atoms with van der Waals surface area (Å²) in [5.41, 5.74) is 1.15. The lowest BCUT2D eigenvalue weighted by molar-refractivity contribution is -0.387. The number of benzene rings is 2. The molecular formula is C14H12BrNO2S. The first kappa shape index (κ1) is 14.1. The molecular weight excluding hydrogens is 326 g/mol. The van der Waals surface area contributed by atoms with Gasteiger partial charge in [-0.25, -0.2) is 0 Å². The van der Waals surface area contributed by atoms with Crippen LogP contribution in [0.3, 0.4) is 0 Å². The van der Waals surface area contributed by atoms with Crippen molar-refractivity contribution in [3.05, 3.63) is 62.6 Å². The molecule has 0 saturated heterocycles. The second kappa shape index (κ2) is 6.21.